The van der Waals surface area contributed by atoms with Crippen molar-refractivity contribution >= 4 is 29.5 Å². The van der Waals surface area contributed by atoms with E-state index in [1.807, 2.05) is 63.4 Å². The first-order chi connectivity index (χ1) is 21.0. The summed E-state index contributed by atoms with van der Waals surface area (Å²) in [5, 5.41) is 27.8. The second-order valence-electron chi connectivity index (χ2n) is 11.8. The highest BCUT2D eigenvalue weighted by Crippen LogP contribution is 2.40. The van der Waals surface area contributed by atoms with Crippen LogP contribution in [0, 0.1) is 5.92 Å². The molecular formula is C32H39N5O6S. The molecule has 4 N–H and O–H groups in total. The van der Waals surface area contributed by atoms with Crippen molar-refractivity contribution in [2.45, 2.75) is 62.3 Å². The number of amides is 3. The minimum absolute atomic E-state index is 0.0262. The first kappa shape index (κ1) is 31.6. The highest BCUT2D eigenvalue weighted by molar-refractivity contribution is 8.00. The van der Waals surface area contributed by atoms with Crippen molar-refractivity contribution in [2.75, 3.05) is 12.5 Å². The van der Waals surface area contributed by atoms with Crippen LogP contribution in [0.1, 0.15) is 43.3 Å². The number of fused-ring (bicyclic) bond motifs is 1. The number of hydrogen-bond acceptors (Lipinski definition) is 8. The normalized spacial score (nSPS) is 21.9. The molecule has 0 unspecified atom stereocenters. The lowest BCUT2D eigenvalue weighted by atomic mass is 9.90. The number of aliphatic hydroxyl groups excluding tert-OH is 2. The lowest BCUT2D eigenvalue weighted by Gasteiger charge is -2.33. The van der Waals surface area contributed by atoms with Crippen molar-refractivity contribution in [1.29, 1.82) is 0 Å². The molecule has 44 heavy (non-hydrogen) atoms. The first-order valence-corrected chi connectivity index (χ1v) is 15.6. The summed E-state index contributed by atoms with van der Waals surface area (Å²) in [5.41, 5.74) is 1.52. The SMILES string of the molecule is Cn1ccnc1CNC(=O)[C@H]1N(C(=O)[C@@H](O)C[C@@H](Cc2ccccc2)C(=O)N[C@H]2c3ccccc3OC[C@H]2O)CSC1(C)C. The predicted octanol–water partition coefficient (Wildman–Crippen LogP) is 1.94. The van der Waals surface area contributed by atoms with E-state index in [1.165, 1.54) is 16.7 Å². The molecule has 1 saturated heterocycles. The molecule has 234 valence electrons. The molecule has 5 rings (SSSR count). The highest BCUT2D eigenvalue weighted by atomic mass is 32.2. The number of imidazole rings is 1. The zero-order chi connectivity index (χ0) is 31.4. The number of para-hydroxylation sites is 1. The Hall–Kier alpha value is -3.87. The molecule has 0 saturated carbocycles. The fourth-order valence-corrected chi connectivity index (χ4v) is 6.92. The smallest absolute Gasteiger partial charge is 0.252 e. The summed E-state index contributed by atoms with van der Waals surface area (Å²) in [6, 6.07) is 15.0. The Morgan fingerprint density at radius 1 is 1.14 bits per heavy atom. The fourth-order valence-electron chi connectivity index (χ4n) is 5.78. The minimum atomic E-state index is -1.53. The second-order valence-corrected chi connectivity index (χ2v) is 13.4. The van der Waals surface area contributed by atoms with Crippen LogP contribution in [0.5, 0.6) is 5.75 Å². The highest BCUT2D eigenvalue weighted by Gasteiger charge is 2.49. The Morgan fingerprint density at radius 3 is 2.59 bits per heavy atom. The van der Waals surface area contributed by atoms with Gasteiger partial charge in [-0.05, 0) is 38.3 Å². The number of nitrogens with one attached hydrogen (secondary N) is 2. The summed E-state index contributed by atoms with van der Waals surface area (Å²) in [6.07, 6.45) is 1.04. The molecule has 5 atom stereocenters. The minimum Gasteiger partial charge on any atom is -0.490 e. The molecule has 3 aromatic rings. The molecule has 2 aliphatic rings. The van der Waals surface area contributed by atoms with Crippen LogP contribution in [-0.2, 0) is 34.4 Å². The van der Waals surface area contributed by atoms with Gasteiger partial charge in [0.05, 0.1) is 18.5 Å². The Kier molecular flexibility index (Phi) is 9.62. The van der Waals surface area contributed by atoms with Gasteiger partial charge in [-0.3, -0.25) is 14.4 Å². The quantitative estimate of drug-likeness (QED) is 0.269. The third-order valence-electron chi connectivity index (χ3n) is 8.25. The molecule has 2 aromatic carbocycles. The Balaban J connectivity index is 1.32. The van der Waals surface area contributed by atoms with Crippen LogP contribution < -0.4 is 15.4 Å². The Bertz CT molecular complexity index is 1480. The van der Waals surface area contributed by atoms with Crippen LogP contribution in [0.25, 0.3) is 0 Å². The number of rotatable bonds is 10. The average molecular weight is 622 g/mol. The number of nitrogens with zero attached hydrogens (tertiary/aromatic N) is 3. The van der Waals surface area contributed by atoms with Crippen LogP contribution in [0.15, 0.2) is 67.0 Å². The van der Waals surface area contributed by atoms with Crippen molar-refractivity contribution in [3.05, 3.63) is 83.9 Å². The second kappa shape index (κ2) is 13.4. The summed E-state index contributed by atoms with van der Waals surface area (Å²) in [6.45, 7) is 4.01. The largest absolute Gasteiger partial charge is 0.490 e. The van der Waals surface area contributed by atoms with Crippen LogP contribution in [-0.4, -0.2) is 77.9 Å². The van der Waals surface area contributed by atoms with Gasteiger partial charge in [-0.2, -0.15) is 0 Å². The van der Waals surface area contributed by atoms with E-state index in [-0.39, 0.29) is 37.8 Å². The summed E-state index contributed by atoms with van der Waals surface area (Å²) in [5.74, 6) is -0.661. The van der Waals surface area contributed by atoms with Crippen molar-refractivity contribution in [1.82, 2.24) is 25.1 Å². The molecule has 1 fully saturated rings. The predicted molar refractivity (Wildman–Crippen MR) is 165 cm³/mol. The first-order valence-electron chi connectivity index (χ1n) is 14.7. The van der Waals surface area contributed by atoms with Crippen LogP contribution in [0.4, 0.5) is 0 Å². The molecule has 3 heterocycles. The maximum atomic E-state index is 13.8. The zero-order valence-corrected chi connectivity index (χ0v) is 25.9. The van der Waals surface area contributed by atoms with E-state index in [1.54, 1.807) is 29.1 Å². The summed E-state index contributed by atoms with van der Waals surface area (Å²) >= 11 is 1.45. The number of aliphatic hydroxyl groups is 2. The summed E-state index contributed by atoms with van der Waals surface area (Å²) in [4.78, 5) is 46.5. The lowest BCUT2D eigenvalue weighted by molar-refractivity contribution is -0.147. The number of ether oxygens (including phenoxy) is 1. The van der Waals surface area contributed by atoms with Crippen molar-refractivity contribution in [3.63, 3.8) is 0 Å². The maximum Gasteiger partial charge on any atom is 0.252 e. The number of carbonyl (C=O) groups excluding carboxylic acids is 3. The number of carbonyl (C=O) groups is 3. The van der Waals surface area contributed by atoms with Gasteiger partial charge in [-0.1, -0.05) is 48.5 Å². The van der Waals surface area contributed by atoms with Gasteiger partial charge in [0.1, 0.15) is 36.4 Å². The van der Waals surface area contributed by atoms with Gasteiger partial charge in [-0.15, -0.1) is 11.8 Å². The van der Waals surface area contributed by atoms with Gasteiger partial charge in [0.2, 0.25) is 11.8 Å². The summed E-state index contributed by atoms with van der Waals surface area (Å²) in [7, 11) is 1.83. The van der Waals surface area contributed by atoms with Gasteiger partial charge in [-0.25, -0.2) is 4.98 Å². The molecule has 12 heteroatoms. The molecule has 0 bridgehead atoms. The third-order valence-corrected chi connectivity index (χ3v) is 9.63. The molecule has 2 aliphatic heterocycles. The van der Waals surface area contributed by atoms with E-state index in [4.69, 9.17) is 4.74 Å². The third kappa shape index (κ3) is 6.92. The molecule has 1 aromatic heterocycles. The number of hydrogen-bond donors (Lipinski definition) is 4. The van der Waals surface area contributed by atoms with Gasteiger partial charge >= 0.3 is 0 Å². The maximum absolute atomic E-state index is 13.8. The molecule has 3 amide bonds. The van der Waals surface area contributed by atoms with E-state index in [0.717, 1.165) is 5.56 Å². The van der Waals surface area contributed by atoms with Crippen molar-refractivity contribution in [3.8, 4) is 5.75 Å². The topological polar surface area (TPSA) is 146 Å². The van der Waals surface area contributed by atoms with E-state index in [2.05, 4.69) is 15.6 Å². The zero-order valence-electron chi connectivity index (χ0n) is 25.1. The van der Waals surface area contributed by atoms with Gasteiger partial charge < -0.3 is 35.1 Å². The van der Waals surface area contributed by atoms with Crippen LogP contribution >= 0.6 is 11.8 Å². The van der Waals surface area contributed by atoms with Gasteiger partial charge in [0.25, 0.3) is 5.91 Å². The van der Waals surface area contributed by atoms with E-state index >= 15 is 0 Å². The fraction of sp³-hybridized carbons (Fsp3) is 0.438. The number of aryl methyl sites for hydroxylation is 1. The average Bonchev–Trinajstić information content (AvgIpc) is 3.57. The van der Waals surface area contributed by atoms with Crippen LogP contribution in [0.3, 0.4) is 0 Å². The van der Waals surface area contributed by atoms with Crippen LogP contribution in [0.2, 0.25) is 0 Å². The Labute approximate surface area is 261 Å². The lowest BCUT2D eigenvalue weighted by Crippen LogP contribution is -2.55. The van der Waals surface area contributed by atoms with Gasteiger partial charge in [0, 0.05) is 35.7 Å². The number of benzene rings is 2. The monoisotopic (exact) mass is 621 g/mol. The molecular weight excluding hydrogens is 582 g/mol. The molecule has 0 radical (unpaired) electrons. The number of thioether (sulfide) groups is 1. The van der Waals surface area contributed by atoms with Crippen molar-refractivity contribution in [2.24, 2.45) is 13.0 Å². The molecule has 0 aliphatic carbocycles. The standard InChI is InChI=1S/C32H39N5O6S/c1-32(2)28(30(41)34-17-26-33-13-14-36(26)3)37(19-44-32)31(42)23(38)16-21(15-20-9-5-4-6-10-20)29(40)35-27-22-11-7-8-12-25(22)43-18-24(27)39/h4-14,21,23-24,27-28,38-39H,15-19H2,1-3H3,(H,34,41)(H,35,40)/t21-,23+,24-,27+,28-/m1/s1. The summed E-state index contributed by atoms with van der Waals surface area (Å²) < 4.78 is 6.82. The van der Waals surface area contributed by atoms with E-state index in [9.17, 15) is 24.6 Å². The number of aromatic nitrogens is 2. The van der Waals surface area contributed by atoms with E-state index in [0.29, 0.717) is 17.1 Å². The van der Waals surface area contributed by atoms with Crippen molar-refractivity contribution < 1.29 is 29.3 Å². The van der Waals surface area contributed by atoms with Gasteiger partial charge in [0.15, 0.2) is 0 Å². The molecule has 0 spiro atoms. The van der Waals surface area contributed by atoms with E-state index < -0.39 is 46.8 Å². The Morgan fingerprint density at radius 2 is 1.86 bits per heavy atom. The molecule has 11 nitrogen and oxygen atoms in total.